The summed E-state index contributed by atoms with van der Waals surface area (Å²) in [7, 11) is 0. The van der Waals surface area contributed by atoms with Gasteiger partial charge in [-0.25, -0.2) is 14.2 Å². The van der Waals surface area contributed by atoms with E-state index in [0.29, 0.717) is 34.5 Å². The van der Waals surface area contributed by atoms with Crippen LogP contribution in [0.4, 0.5) is 21.8 Å². The van der Waals surface area contributed by atoms with Gasteiger partial charge < -0.3 is 10.4 Å². The van der Waals surface area contributed by atoms with Crippen LogP contribution in [0.3, 0.4) is 0 Å². The largest absolute Gasteiger partial charge is 0.478 e. The maximum absolute atomic E-state index is 13.5. The molecule has 1 aliphatic rings. The van der Waals surface area contributed by atoms with Gasteiger partial charge in [-0.3, -0.25) is 5.32 Å². The van der Waals surface area contributed by atoms with Crippen molar-refractivity contribution in [2.75, 3.05) is 5.32 Å². The summed E-state index contributed by atoms with van der Waals surface area (Å²) >= 11 is 5.91. The number of carbonyl (C=O) groups is 1. The van der Waals surface area contributed by atoms with Crippen molar-refractivity contribution < 1.29 is 19.6 Å². The molecule has 2 aromatic heterocycles. The second-order valence-electron chi connectivity index (χ2n) is 7.25. The first kappa shape index (κ1) is 18.7. The second kappa shape index (κ2) is 7.16. The lowest BCUT2D eigenvalue weighted by Crippen LogP contribution is -2.80. The van der Waals surface area contributed by atoms with Gasteiger partial charge in [-0.05, 0) is 30.3 Å². The fourth-order valence-corrected chi connectivity index (χ4v) is 3.46. The lowest BCUT2D eigenvalue weighted by atomic mass is 10.1. The summed E-state index contributed by atoms with van der Waals surface area (Å²) in [6, 6.07) is 9.51. The Labute approximate surface area is 174 Å². The number of quaternary nitrogens is 1. The average molecular weight is 425 g/mol. The number of hydrogen-bond acceptors (Lipinski definition) is 5. The minimum Gasteiger partial charge on any atom is -0.478 e. The third kappa shape index (κ3) is 3.51. The molecule has 2 aromatic carbocycles. The van der Waals surface area contributed by atoms with Crippen LogP contribution in [0.2, 0.25) is 5.02 Å². The van der Waals surface area contributed by atoms with Crippen LogP contribution in [-0.2, 0) is 0 Å². The van der Waals surface area contributed by atoms with Gasteiger partial charge in [0.1, 0.15) is 11.3 Å². The van der Waals surface area contributed by atoms with E-state index in [1.807, 2.05) is 5.32 Å². The van der Waals surface area contributed by atoms with Crippen LogP contribution in [0.1, 0.15) is 23.2 Å². The number of aromatic carboxylic acids is 1. The zero-order chi connectivity index (χ0) is 20.8. The maximum Gasteiger partial charge on any atom is 0.335 e. The Bertz CT molecular complexity index is 1330. The number of carboxylic acid groups (broad SMARTS) is 1. The molecule has 0 bridgehead atoms. The zero-order valence-corrected chi connectivity index (χ0v) is 16.3. The van der Waals surface area contributed by atoms with E-state index in [9.17, 15) is 14.3 Å². The summed E-state index contributed by atoms with van der Waals surface area (Å²) in [5.41, 5.74) is 1.74. The number of nitrogens with one attached hydrogen (secondary N) is 1. The zero-order valence-electron chi connectivity index (χ0n) is 15.6. The molecule has 0 amide bonds. The van der Waals surface area contributed by atoms with E-state index < -0.39 is 11.8 Å². The van der Waals surface area contributed by atoms with Gasteiger partial charge in [0.15, 0.2) is 5.82 Å². The van der Waals surface area contributed by atoms with Crippen LogP contribution in [-0.4, -0.2) is 32.1 Å². The SMILES string of the molecule is O=C(O)c1ccc2c(c1)nc(Nc1ccc(F)c(Cl)c1)c1nc([NH2+]C3CC3)ncc12. The number of pyridine rings is 1. The second-order valence-corrected chi connectivity index (χ2v) is 7.65. The first-order valence-electron chi connectivity index (χ1n) is 9.39. The molecule has 5 rings (SSSR count). The Kier molecular flexibility index (Phi) is 4.45. The van der Waals surface area contributed by atoms with Gasteiger partial charge in [-0.2, -0.15) is 9.97 Å². The van der Waals surface area contributed by atoms with Gasteiger partial charge in [-0.1, -0.05) is 17.7 Å². The summed E-state index contributed by atoms with van der Waals surface area (Å²) in [5.74, 6) is -0.526. The minimum atomic E-state index is -1.04. The number of nitrogens with zero attached hydrogens (tertiary/aromatic N) is 3. The Morgan fingerprint density at radius 3 is 2.73 bits per heavy atom. The van der Waals surface area contributed by atoms with Gasteiger partial charge in [0.2, 0.25) is 0 Å². The van der Waals surface area contributed by atoms with Crippen LogP contribution in [0.15, 0.2) is 42.6 Å². The van der Waals surface area contributed by atoms with Crippen LogP contribution in [0, 0.1) is 5.82 Å². The smallest absolute Gasteiger partial charge is 0.335 e. The molecule has 7 nitrogen and oxygen atoms in total. The lowest BCUT2D eigenvalue weighted by Gasteiger charge is -2.12. The molecule has 0 spiro atoms. The first-order valence-corrected chi connectivity index (χ1v) is 9.76. The van der Waals surface area contributed by atoms with E-state index in [-0.39, 0.29) is 10.6 Å². The molecule has 1 fully saturated rings. The highest BCUT2D eigenvalue weighted by atomic mass is 35.5. The number of carboxylic acids is 1. The number of halogens is 2. The standard InChI is InChI=1S/C21H15ClFN5O2/c22-15-8-12(4-6-16(15)23)25-19-18-14(9-24-21(28-18)26-11-2-3-11)13-5-1-10(20(29)30)7-17(13)27-19/h1,4-9,11H,2-3H2,(H,25,27)(H,29,30)(H,24,26,28)/p+1. The molecule has 0 unspecified atom stereocenters. The molecule has 0 aliphatic heterocycles. The molecule has 0 saturated heterocycles. The highest BCUT2D eigenvalue weighted by molar-refractivity contribution is 6.31. The van der Waals surface area contributed by atoms with Crippen molar-refractivity contribution in [1.82, 2.24) is 15.0 Å². The molecule has 30 heavy (non-hydrogen) atoms. The molecular formula is C21H16ClFN5O2+. The van der Waals surface area contributed by atoms with Gasteiger partial charge >= 0.3 is 11.9 Å². The number of aromatic nitrogens is 3. The normalized spacial score (nSPS) is 13.7. The predicted molar refractivity (Wildman–Crippen MR) is 111 cm³/mol. The first-order chi connectivity index (χ1) is 14.5. The fraction of sp³-hybridized carbons (Fsp3) is 0.143. The Morgan fingerprint density at radius 2 is 2.00 bits per heavy atom. The minimum absolute atomic E-state index is 0.0179. The number of hydrogen-bond donors (Lipinski definition) is 3. The Hall–Kier alpha value is -3.36. The van der Waals surface area contributed by atoms with E-state index in [2.05, 4.69) is 20.3 Å². The van der Waals surface area contributed by atoms with Crippen molar-refractivity contribution >= 4 is 56.8 Å². The van der Waals surface area contributed by atoms with Crippen LogP contribution in [0.25, 0.3) is 21.8 Å². The molecule has 0 atom stereocenters. The number of rotatable bonds is 5. The summed E-state index contributed by atoms with van der Waals surface area (Å²) in [6.07, 6.45) is 3.99. The van der Waals surface area contributed by atoms with Gasteiger partial charge in [0.05, 0.1) is 22.1 Å². The summed E-state index contributed by atoms with van der Waals surface area (Å²) < 4.78 is 13.5. The molecule has 1 saturated carbocycles. The third-order valence-corrected chi connectivity index (χ3v) is 5.28. The summed E-state index contributed by atoms with van der Waals surface area (Å²) in [6.45, 7) is 0. The van der Waals surface area contributed by atoms with E-state index >= 15 is 0 Å². The summed E-state index contributed by atoms with van der Waals surface area (Å²) in [5, 5.41) is 16.0. The Morgan fingerprint density at radius 1 is 1.17 bits per heavy atom. The molecule has 150 valence electrons. The van der Waals surface area contributed by atoms with Crippen molar-refractivity contribution in [1.29, 1.82) is 0 Å². The number of anilines is 2. The van der Waals surface area contributed by atoms with Crippen molar-refractivity contribution in [3.05, 3.63) is 59.0 Å². The molecule has 1 aliphatic carbocycles. The van der Waals surface area contributed by atoms with E-state index in [0.717, 1.165) is 23.6 Å². The van der Waals surface area contributed by atoms with Gasteiger partial charge in [0.25, 0.3) is 0 Å². The topological polar surface area (TPSA) is 105 Å². The Balaban J connectivity index is 1.70. The third-order valence-electron chi connectivity index (χ3n) is 4.99. The molecule has 0 radical (unpaired) electrons. The van der Waals surface area contributed by atoms with Crippen molar-refractivity contribution in [2.24, 2.45) is 0 Å². The van der Waals surface area contributed by atoms with E-state index in [4.69, 9.17) is 11.6 Å². The maximum atomic E-state index is 13.5. The average Bonchev–Trinajstić information content (AvgIpc) is 3.54. The number of benzene rings is 2. The van der Waals surface area contributed by atoms with Crippen molar-refractivity contribution in [2.45, 2.75) is 18.9 Å². The molecule has 4 N–H and O–H groups in total. The van der Waals surface area contributed by atoms with Crippen LogP contribution in [0.5, 0.6) is 0 Å². The fourth-order valence-electron chi connectivity index (χ4n) is 3.28. The molecule has 9 heteroatoms. The van der Waals surface area contributed by atoms with Gasteiger partial charge in [-0.15, -0.1) is 0 Å². The van der Waals surface area contributed by atoms with Crippen LogP contribution < -0.4 is 10.6 Å². The van der Waals surface area contributed by atoms with Crippen LogP contribution >= 0.6 is 11.6 Å². The molecular weight excluding hydrogens is 409 g/mol. The monoisotopic (exact) mass is 424 g/mol. The molecule has 4 aromatic rings. The predicted octanol–water partition coefficient (Wildman–Crippen LogP) is 3.77. The number of fused-ring (bicyclic) bond motifs is 3. The number of nitrogens with two attached hydrogens (primary N) is 1. The lowest BCUT2D eigenvalue weighted by molar-refractivity contribution is -0.593. The van der Waals surface area contributed by atoms with Crippen molar-refractivity contribution in [3.63, 3.8) is 0 Å². The summed E-state index contributed by atoms with van der Waals surface area (Å²) in [4.78, 5) is 25.1. The molecule has 2 heterocycles. The van der Waals surface area contributed by atoms with Crippen molar-refractivity contribution in [3.8, 4) is 0 Å². The quantitative estimate of drug-likeness (QED) is 0.421. The highest BCUT2D eigenvalue weighted by Gasteiger charge is 2.27. The van der Waals surface area contributed by atoms with E-state index in [1.54, 1.807) is 18.3 Å². The highest BCUT2D eigenvalue weighted by Crippen LogP contribution is 2.31. The van der Waals surface area contributed by atoms with Gasteiger partial charge in [0, 0.05) is 35.5 Å². The van der Waals surface area contributed by atoms with E-state index in [1.165, 1.54) is 24.3 Å².